The Bertz CT molecular complexity index is 584. The van der Waals surface area contributed by atoms with Crippen LogP contribution in [0.1, 0.15) is 30.5 Å². The molecule has 0 spiro atoms. The maximum atomic E-state index is 6.16. The number of hydrogen-bond acceptors (Lipinski definition) is 2. The number of nitrogens with one attached hydrogen (secondary N) is 1. The van der Waals surface area contributed by atoms with Gasteiger partial charge in [-0.2, -0.15) is 0 Å². The lowest BCUT2D eigenvalue weighted by Gasteiger charge is -2.20. The molecule has 0 bridgehead atoms. The molecule has 21 heavy (non-hydrogen) atoms. The molecular formula is C17H19Cl2NS. The minimum atomic E-state index is 0.135. The van der Waals surface area contributed by atoms with Gasteiger partial charge in [-0.25, -0.2) is 0 Å². The second-order valence-corrected chi connectivity index (χ2v) is 6.53. The Morgan fingerprint density at radius 2 is 1.67 bits per heavy atom. The van der Waals surface area contributed by atoms with E-state index in [1.165, 1.54) is 10.5 Å². The van der Waals surface area contributed by atoms with Crippen LogP contribution < -0.4 is 5.32 Å². The maximum absolute atomic E-state index is 6.16. The Labute approximate surface area is 141 Å². The fourth-order valence-corrected chi connectivity index (χ4v) is 2.92. The van der Waals surface area contributed by atoms with Crippen LogP contribution in [0, 0.1) is 0 Å². The van der Waals surface area contributed by atoms with Crippen molar-refractivity contribution in [2.45, 2.75) is 24.3 Å². The molecule has 0 radical (unpaired) electrons. The van der Waals surface area contributed by atoms with E-state index in [-0.39, 0.29) is 6.04 Å². The number of benzene rings is 2. The molecule has 0 heterocycles. The lowest BCUT2D eigenvalue weighted by atomic mass is 9.98. The van der Waals surface area contributed by atoms with Crippen LogP contribution in [-0.2, 0) is 0 Å². The Morgan fingerprint density at radius 1 is 1.00 bits per heavy atom. The average molecular weight is 340 g/mol. The first-order chi connectivity index (χ1) is 10.2. The first-order valence-electron chi connectivity index (χ1n) is 6.98. The van der Waals surface area contributed by atoms with Gasteiger partial charge in [-0.3, -0.25) is 0 Å². The standard InChI is InChI=1S/C17H19Cl2NS/c1-3-10-20-17(12-4-7-14(21-2)8-5-12)13-6-9-15(18)16(19)11-13/h4-9,11,17,20H,3,10H2,1-2H3. The summed E-state index contributed by atoms with van der Waals surface area (Å²) in [5.74, 6) is 0. The number of halogens is 2. The predicted molar refractivity (Wildman–Crippen MR) is 94.8 cm³/mol. The van der Waals surface area contributed by atoms with Gasteiger partial charge in [0.2, 0.25) is 0 Å². The molecule has 0 aliphatic rings. The second kappa shape index (κ2) is 8.09. The monoisotopic (exact) mass is 339 g/mol. The molecule has 4 heteroatoms. The number of thioether (sulfide) groups is 1. The van der Waals surface area contributed by atoms with E-state index in [1.807, 2.05) is 18.2 Å². The first-order valence-corrected chi connectivity index (χ1v) is 8.96. The van der Waals surface area contributed by atoms with E-state index >= 15 is 0 Å². The molecule has 1 atom stereocenters. The second-order valence-electron chi connectivity index (χ2n) is 4.83. The van der Waals surface area contributed by atoms with E-state index in [1.54, 1.807) is 11.8 Å². The van der Waals surface area contributed by atoms with Gasteiger partial charge in [-0.1, -0.05) is 48.3 Å². The Morgan fingerprint density at radius 3 is 2.24 bits per heavy atom. The van der Waals surface area contributed by atoms with E-state index < -0.39 is 0 Å². The third kappa shape index (κ3) is 4.40. The molecule has 0 aliphatic heterocycles. The molecule has 2 aromatic carbocycles. The summed E-state index contributed by atoms with van der Waals surface area (Å²) in [7, 11) is 0. The zero-order valence-corrected chi connectivity index (χ0v) is 14.5. The molecule has 0 amide bonds. The minimum absolute atomic E-state index is 0.135. The zero-order chi connectivity index (χ0) is 15.2. The van der Waals surface area contributed by atoms with E-state index in [4.69, 9.17) is 23.2 Å². The lowest BCUT2D eigenvalue weighted by Crippen LogP contribution is -2.23. The van der Waals surface area contributed by atoms with Gasteiger partial charge < -0.3 is 5.32 Å². The topological polar surface area (TPSA) is 12.0 Å². The molecule has 0 aromatic heterocycles. The van der Waals surface area contributed by atoms with E-state index in [2.05, 4.69) is 42.8 Å². The van der Waals surface area contributed by atoms with Gasteiger partial charge in [-0.05, 0) is 54.6 Å². The van der Waals surface area contributed by atoms with Crippen LogP contribution in [0.15, 0.2) is 47.4 Å². The van der Waals surface area contributed by atoms with Crippen molar-refractivity contribution < 1.29 is 0 Å². The molecule has 0 saturated heterocycles. The molecule has 1 unspecified atom stereocenters. The molecule has 2 rings (SSSR count). The summed E-state index contributed by atoms with van der Waals surface area (Å²) < 4.78 is 0. The zero-order valence-electron chi connectivity index (χ0n) is 12.2. The number of rotatable bonds is 6. The third-order valence-electron chi connectivity index (χ3n) is 3.32. The third-order valence-corrected chi connectivity index (χ3v) is 4.81. The van der Waals surface area contributed by atoms with Gasteiger partial charge in [0.1, 0.15) is 0 Å². The van der Waals surface area contributed by atoms with Crippen molar-refractivity contribution in [1.29, 1.82) is 0 Å². The van der Waals surface area contributed by atoms with Gasteiger partial charge in [0.25, 0.3) is 0 Å². The molecule has 1 N–H and O–H groups in total. The summed E-state index contributed by atoms with van der Waals surface area (Å²) >= 11 is 13.9. The van der Waals surface area contributed by atoms with Crippen LogP contribution >= 0.6 is 35.0 Å². The summed E-state index contributed by atoms with van der Waals surface area (Å²) in [5.41, 5.74) is 2.37. The van der Waals surface area contributed by atoms with E-state index in [0.29, 0.717) is 10.0 Å². The fourth-order valence-electron chi connectivity index (χ4n) is 2.21. The van der Waals surface area contributed by atoms with Crippen molar-refractivity contribution in [1.82, 2.24) is 5.32 Å². The van der Waals surface area contributed by atoms with Gasteiger partial charge in [0.15, 0.2) is 0 Å². The summed E-state index contributed by atoms with van der Waals surface area (Å²) in [6.07, 6.45) is 3.17. The van der Waals surface area contributed by atoms with Crippen LogP contribution in [0.2, 0.25) is 10.0 Å². The van der Waals surface area contributed by atoms with Crippen LogP contribution in [0.4, 0.5) is 0 Å². The highest BCUT2D eigenvalue weighted by Gasteiger charge is 2.14. The van der Waals surface area contributed by atoms with E-state index in [0.717, 1.165) is 18.5 Å². The molecule has 112 valence electrons. The van der Waals surface area contributed by atoms with Crippen LogP contribution in [0.3, 0.4) is 0 Å². The SMILES string of the molecule is CCCNC(c1ccc(SC)cc1)c1ccc(Cl)c(Cl)c1. The Kier molecular flexibility index (Phi) is 6.43. The maximum Gasteiger partial charge on any atom is 0.0595 e. The largest absolute Gasteiger partial charge is 0.306 e. The van der Waals surface area contributed by atoms with Crippen LogP contribution in [-0.4, -0.2) is 12.8 Å². The van der Waals surface area contributed by atoms with E-state index in [9.17, 15) is 0 Å². The minimum Gasteiger partial charge on any atom is -0.306 e. The van der Waals surface area contributed by atoms with Crippen LogP contribution in [0.5, 0.6) is 0 Å². The Balaban J connectivity index is 2.33. The Hall–Kier alpha value is -0.670. The molecular weight excluding hydrogens is 321 g/mol. The average Bonchev–Trinajstić information content (AvgIpc) is 2.51. The quantitative estimate of drug-likeness (QED) is 0.667. The highest BCUT2D eigenvalue weighted by molar-refractivity contribution is 7.98. The van der Waals surface area contributed by atoms with Gasteiger partial charge in [0.05, 0.1) is 16.1 Å². The molecule has 0 saturated carbocycles. The molecule has 0 fully saturated rings. The lowest BCUT2D eigenvalue weighted by molar-refractivity contribution is 0.598. The van der Waals surface area contributed by atoms with Gasteiger partial charge in [-0.15, -0.1) is 11.8 Å². The fraction of sp³-hybridized carbons (Fsp3) is 0.294. The smallest absolute Gasteiger partial charge is 0.0595 e. The van der Waals surface area contributed by atoms with Crippen molar-refractivity contribution in [3.05, 3.63) is 63.6 Å². The summed E-state index contributed by atoms with van der Waals surface area (Å²) in [4.78, 5) is 1.27. The summed E-state index contributed by atoms with van der Waals surface area (Å²) in [6.45, 7) is 3.12. The van der Waals surface area contributed by atoms with Crippen molar-refractivity contribution in [3.8, 4) is 0 Å². The van der Waals surface area contributed by atoms with Crippen molar-refractivity contribution in [2.24, 2.45) is 0 Å². The summed E-state index contributed by atoms with van der Waals surface area (Å²) in [6, 6.07) is 14.6. The van der Waals surface area contributed by atoms with Gasteiger partial charge >= 0.3 is 0 Å². The van der Waals surface area contributed by atoms with Crippen molar-refractivity contribution in [3.63, 3.8) is 0 Å². The molecule has 2 aromatic rings. The summed E-state index contributed by atoms with van der Waals surface area (Å²) in [5, 5.41) is 4.76. The first kappa shape index (κ1) is 16.7. The molecule has 0 aliphatic carbocycles. The van der Waals surface area contributed by atoms with Crippen molar-refractivity contribution in [2.75, 3.05) is 12.8 Å². The highest BCUT2D eigenvalue weighted by Crippen LogP contribution is 2.29. The van der Waals surface area contributed by atoms with Crippen molar-refractivity contribution >= 4 is 35.0 Å². The van der Waals surface area contributed by atoms with Gasteiger partial charge in [0, 0.05) is 4.90 Å². The highest BCUT2D eigenvalue weighted by atomic mass is 35.5. The normalized spacial score (nSPS) is 12.4. The molecule has 1 nitrogen and oxygen atoms in total. The predicted octanol–water partition coefficient (Wildman–Crippen LogP) is 5.80. The van der Waals surface area contributed by atoms with Crippen LogP contribution in [0.25, 0.3) is 0 Å². The number of hydrogen-bond donors (Lipinski definition) is 1.